The third kappa shape index (κ3) is 10.1. The average Bonchev–Trinajstić information content (AvgIpc) is 3.72. The van der Waals surface area contributed by atoms with Gasteiger partial charge in [-0.3, -0.25) is 9.55 Å². The normalized spacial score (nSPS) is 12.6. The van der Waals surface area contributed by atoms with E-state index in [1.54, 1.807) is 18.3 Å². The van der Waals surface area contributed by atoms with Gasteiger partial charge in [0.05, 0.1) is 22.3 Å². The molecule has 9 rings (SSSR count). The summed E-state index contributed by atoms with van der Waals surface area (Å²) >= 11 is 0. The Morgan fingerprint density at radius 2 is 1.25 bits per heavy atom. The summed E-state index contributed by atoms with van der Waals surface area (Å²) in [6, 6.07) is 55.9. The molecule has 1 N–H and O–H groups in total. The van der Waals surface area contributed by atoms with Crippen molar-refractivity contribution in [1.29, 1.82) is 0 Å². The van der Waals surface area contributed by atoms with Gasteiger partial charge >= 0.3 is 21.1 Å². The first-order valence-electron chi connectivity index (χ1n) is 25.0. The van der Waals surface area contributed by atoms with Gasteiger partial charge in [-0.15, -0.1) is 29.3 Å². The predicted octanol–water partition coefficient (Wildman–Crippen LogP) is 17.5. The van der Waals surface area contributed by atoms with E-state index in [-0.39, 0.29) is 56.9 Å². The minimum Gasteiger partial charge on any atom is -0.507 e. The summed E-state index contributed by atoms with van der Waals surface area (Å²) in [5, 5.41) is 12.5. The molecule has 0 bridgehead atoms. The number of rotatable bonds is 9. The van der Waals surface area contributed by atoms with Crippen LogP contribution >= 0.6 is 0 Å². The van der Waals surface area contributed by atoms with Gasteiger partial charge in [0, 0.05) is 21.6 Å². The summed E-state index contributed by atoms with van der Waals surface area (Å²) in [6.07, 6.45) is 1.80. The molecule has 0 amide bonds. The van der Waals surface area contributed by atoms with E-state index in [9.17, 15) is 5.11 Å². The van der Waals surface area contributed by atoms with Gasteiger partial charge in [-0.2, -0.15) is 0 Å². The standard InChI is InChI=1S/C63H62N3O.CH3.Pt/c1-39(2)46-34-51(40(3)4)60(67)54(35-46)61-65-59-50(47-31-48(33-49(32-47)62(6,7)8)56-36-45(29-30-64-56)42-27-25-41(5)26-28-42)23-18-24-57(59)66(61)58-38-52(43-19-14-12-15-20-43)55(63(9,10)11)37-53(58)44-21-16-13-17-22-44;;/h12-30,32-40,67H,1-11H3;1H3;/q2*-1;+2/i5D3;;. The van der Waals surface area contributed by atoms with Crippen LogP contribution in [-0.2, 0) is 31.9 Å². The summed E-state index contributed by atoms with van der Waals surface area (Å²) in [7, 11) is 0. The molecule has 0 fully saturated rings. The second-order valence-electron chi connectivity index (χ2n) is 20.6. The van der Waals surface area contributed by atoms with E-state index in [4.69, 9.17) is 14.1 Å². The van der Waals surface area contributed by atoms with E-state index in [1.807, 2.05) is 24.3 Å². The zero-order chi connectivity index (χ0) is 49.9. The molecule has 0 spiro atoms. The van der Waals surface area contributed by atoms with Gasteiger partial charge < -0.3 is 12.5 Å². The Balaban J connectivity index is 0.00000380. The maximum Gasteiger partial charge on any atom is 2.00 e. The van der Waals surface area contributed by atoms with Crippen LogP contribution in [0.15, 0.2) is 158 Å². The number of aromatic hydroxyl groups is 1. The molecule has 0 aliphatic rings. The smallest absolute Gasteiger partial charge is 0.507 e. The fourth-order valence-electron chi connectivity index (χ4n) is 9.17. The summed E-state index contributed by atoms with van der Waals surface area (Å²) in [5.74, 6) is 1.15. The van der Waals surface area contributed by atoms with Crippen LogP contribution in [0.4, 0.5) is 0 Å². The Kier molecular flexibility index (Phi) is 13.4. The Morgan fingerprint density at radius 3 is 1.86 bits per heavy atom. The van der Waals surface area contributed by atoms with Crippen LogP contribution in [0.2, 0.25) is 0 Å². The van der Waals surface area contributed by atoms with Crippen molar-refractivity contribution in [2.24, 2.45) is 0 Å². The number of fused-ring (bicyclic) bond motifs is 1. The van der Waals surface area contributed by atoms with Crippen LogP contribution in [0, 0.1) is 20.3 Å². The molecule has 0 atom stereocenters. The molecule has 0 aliphatic heterocycles. The number of pyridine rings is 1. The Bertz CT molecular complexity index is 3380. The number of imidazole rings is 1. The first kappa shape index (κ1) is 46.4. The first-order valence-corrected chi connectivity index (χ1v) is 23.5. The molecule has 4 nitrogen and oxygen atoms in total. The fourth-order valence-corrected chi connectivity index (χ4v) is 9.17. The van der Waals surface area contributed by atoms with Gasteiger partial charge in [0.1, 0.15) is 11.6 Å². The molecule has 9 aromatic rings. The summed E-state index contributed by atoms with van der Waals surface area (Å²) in [5.41, 5.74) is 17.1. The molecule has 0 aliphatic carbocycles. The van der Waals surface area contributed by atoms with Crippen LogP contribution < -0.4 is 0 Å². The van der Waals surface area contributed by atoms with Gasteiger partial charge in [-0.05, 0) is 104 Å². The van der Waals surface area contributed by atoms with Crippen LogP contribution in [-0.4, -0.2) is 19.6 Å². The molecule has 352 valence electrons. The van der Waals surface area contributed by atoms with Crippen molar-refractivity contribution >= 4 is 11.0 Å². The second-order valence-corrected chi connectivity index (χ2v) is 20.6. The number of nitrogens with zero attached hydrogens (tertiary/aromatic N) is 3. The molecule has 0 saturated heterocycles. The zero-order valence-corrected chi connectivity index (χ0v) is 44.0. The summed E-state index contributed by atoms with van der Waals surface area (Å²) in [6.45, 7) is 19.9. The number of para-hydroxylation sites is 1. The van der Waals surface area contributed by atoms with E-state index in [1.165, 1.54) is 5.56 Å². The van der Waals surface area contributed by atoms with E-state index < -0.39 is 6.85 Å². The number of aryl methyl sites for hydroxylation is 1. The van der Waals surface area contributed by atoms with Crippen molar-refractivity contribution in [2.75, 3.05) is 0 Å². The topological polar surface area (TPSA) is 50.9 Å². The van der Waals surface area contributed by atoms with Gasteiger partial charge in [-0.1, -0.05) is 195 Å². The molecule has 2 aromatic heterocycles. The SMILES string of the molecule is [2H]C([2H])([2H])c1ccc(-c2ccnc(-c3[c-]c(-c4cccc5c4nc(-c4cc(C(C)C)cc(C(C)C)c4O)n5-c4cc(-c5ccccc5)c(C(C)(C)C)cc4-c4ccccc4)cc(C(C)(C)C)c3)c2)cc1.[CH3-].[Pt+2]. The zero-order valence-electron chi connectivity index (χ0n) is 44.8. The number of hydrogen-bond donors (Lipinski definition) is 1. The van der Waals surface area contributed by atoms with Gasteiger partial charge in [0.2, 0.25) is 0 Å². The number of aromatic nitrogens is 3. The Hall–Kier alpha value is -6.35. The maximum absolute atomic E-state index is 12.5. The van der Waals surface area contributed by atoms with Crippen LogP contribution in [0.25, 0.3) is 83.9 Å². The number of phenolic OH excluding ortho intramolecular Hbond substituents is 1. The summed E-state index contributed by atoms with van der Waals surface area (Å²) in [4.78, 5) is 10.6. The minimum absolute atomic E-state index is 0. The third-order valence-corrected chi connectivity index (χ3v) is 13.0. The molecule has 2 heterocycles. The van der Waals surface area contributed by atoms with Crippen LogP contribution in [0.5, 0.6) is 5.75 Å². The molecular formula is C64H65N3OPt. The molecule has 69 heavy (non-hydrogen) atoms. The van der Waals surface area contributed by atoms with Crippen molar-refractivity contribution in [3.8, 4) is 78.6 Å². The monoisotopic (exact) mass is 1090 g/mol. The Labute approximate surface area is 430 Å². The van der Waals surface area contributed by atoms with Gasteiger partial charge in [0.15, 0.2) is 0 Å². The fraction of sp³-hybridized carbons (Fsp3) is 0.234. The van der Waals surface area contributed by atoms with Crippen LogP contribution in [0.1, 0.15) is 113 Å². The Morgan fingerprint density at radius 1 is 0.594 bits per heavy atom. The van der Waals surface area contributed by atoms with Crippen molar-refractivity contribution < 1.29 is 30.3 Å². The molecule has 0 saturated carbocycles. The summed E-state index contributed by atoms with van der Waals surface area (Å²) < 4.78 is 25.9. The quantitative estimate of drug-likeness (QED) is 0.147. The first-order chi connectivity index (χ1) is 33.2. The van der Waals surface area contributed by atoms with Crippen molar-refractivity contribution in [1.82, 2.24) is 14.5 Å². The molecule has 7 aromatic carbocycles. The maximum atomic E-state index is 12.5. The molecular weight excluding hydrogens is 1020 g/mol. The van der Waals surface area contributed by atoms with Crippen molar-refractivity contribution in [3.63, 3.8) is 0 Å². The average molecular weight is 1090 g/mol. The number of phenols is 1. The third-order valence-electron chi connectivity index (χ3n) is 13.0. The van der Waals surface area contributed by atoms with Gasteiger partial charge in [0.25, 0.3) is 0 Å². The second kappa shape index (κ2) is 19.9. The van der Waals surface area contributed by atoms with E-state index in [0.29, 0.717) is 17.0 Å². The predicted molar refractivity (Wildman–Crippen MR) is 289 cm³/mol. The van der Waals surface area contributed by atoms with Crippen LogP contribution in [0.3, 0.4) is 0 Å². The van der Waals surface area contributed by atoms with Crippen molar-refractivity contribution in [3.05, 3.63) is 199 Å². The number of benzene rings is 7. The van der Waals surface area contributed by atoms with E-state index >= 15 is 0 Å². The van der Waals surface area contributed by atoms with E-state index in [0.717, 1.165) is 89.2 Å². The number of hydrogen-bond acceptors (Lipinski definition) is 3. The molecule has 0 unspecified atom stereocenters. The molecule has 5 heteroatoms. The van der Waals surface area contributed by atoms with Crippen molar-refractivity contribution in [2.45, 2.75) is 98.8 Å². The molecule has 0 radical (unpaired) electrons. The van der Waals surface area contributed by atoms with E-state index in [2.05, 4.69) is 195 Å². The minimum atomic E-state index is -2.18. The van der Waals surface area contributed by atoms with Gasteiger partial charge in [-0.25, -0.2) is 4.98 Å². The largest absolute Gasteiger partial charge is 2.00 e.